The predicted molar refractivity (Wildman–Crippen MR) is 69.6 cm³/mol. The molecule has 0 spiro atoms. The summed E-state index contributed by atoms with van der Waals surface area (Å²) in [4.78, 5) is 5.15. The largest absolute Gasteiger partial charge is 0.298 e. The third-order valence-electron chi connectivity index (χ3n) is 4.33. The van der Waals surface area contributed by atoms with E-state index in [0.29, 0.717) is 12.1 Å². The van der Waals surface area contributed by atoms with Crippen LogP contribution in [-0.2, 0) is 0 Å². The Morgan fingerprint density at radius 3 is 2.41 bits per heavy atom. The number of hydrogen-bond acceptors (Lipinski definition) is 3. The first-order chi connectivity index (χ1) is 7.91. The van der Waals surface area contributed by atoms with Crippen molar-refractivity contribution in [1.29, 1.82) is 5.26 Å². The van der Waals surface area contributed by atoms with Gasteiger partial charge in [-0.15, -0.1) is 0 Å². The standard InChI is InChI=1S/C14H25N3/c1-11-7-13(10-17(11)14(2,3)4)16-6-5-12(8-15)9-16/h11-13H,5-7,9-10H2,1-4H3/t11-,12?,13?/m0/s1. The molecule has 2 fully saturated rings. The number of rotatable bonds is 1. The highest BCUT2D eigenvalue weighted by Crippen LogP contribution is 2.31. The first kappa shape index (κ1) is 12.9. The van der Waals surface area contributed by atoms with Crippen LogP contribution in [0.1, 0.15) is 40.5 Å². The molecule has 0 aliphatic carbocycles. The number of nitriles is 1. The topological polar surface area (TPSA) is 30.3 Å². The molecule has 3 heteroatoms. The Morgan fingerprint density at radius 2 is 1.94 bits per heavy atom. The Labute approximate surface area is 105 Å². The van der Waals surface area contributed by atoms with E-state index in [-0.39, 0.29) is 11.5 Å². The van der Waals surface area contributed by atoms with Crippen LogP contribution in [0.25, 0.3) is 0 Å². The molecule has 96 valence electrons. The van der Waals surface area contributed by atoms with Crippen molar-refractivity contribution >= 4 is 0 Å². The average Bonchev–Trinajstić information content (AvgIpc) is 2.81. The van der Waals surface area contributed by atoms with Crippen molar-refractivity contribution in [2.24, 2.45) is 5.92 Å². The summed E-state index contributed by atoms with van der Waals surface area (Å²) in [5.74, 6) is 0.272. The van der Waals surface area contributed by atoms with Crippen molar-refractivity contribution in [3.8, 4) is 6.07 Å². The van der Waals surface area contributed by atoms with Crippen LogP contribution in [0.15, 0.2) is 0 Å². The van der Waals surface area contributed by atoms with E-state index in [4.69, 9.17) is 5.26 Å². The van der Waals surface area contributed by atoms with Gasteiger partial charge in [-0.3, -0.25) is 9.80 Å². The summed E-state index contributed by atoms with van der Waals surface area (Å²) in [5, 5.41) is 8.97. The number of nitrogens with zero attached hydrogens (tertiary/aromatic N) is 3. The summed E-state index contributed by atoms with van der Waals surface area (Å²) in [6, 6.07) is 3.75. The summed E-state index contributed by atoms with van der Waals surface area (Å²) in [5.41, 5.74) is 0.266. The minimum atomic E-state index is 0.266. The quantitative estimate of drug-likeness (QED) is 0.697. The molecule has 0 N–H and O–H groups in total. The fourth-order valence-electron chi connectivity index (χ4n) is 3.43. The van der Waals surface area contributed by atoms with Gasteiger partial charge in [0.1, 0.15) is 0 Å². The molecular weight excluding hydrogens is 210 g/mol. The Bertz CT molecular complexity index is 312. The average molecular weight is 235 g/mol. The van der Waals surface area contributed by atoms with Crippen LogP contribution in [0.2, 0.25) is 0 Å². The normalized spacial score (nSPS) is 36.3. The van der Waals surface area contributed by atoms with Crippen LogP contribution in [0.5, 0.6) is 0 Å². The molecule has 2 aliphatic rings. The van der Waals surface area contributed by atoms with Crippen LogP contribution in [0.3, 0.4) is 0 Å². The predicted octanol–water partition coefficient (Wildman–Crippen LogP) is 2.09. The summed E-state index contributed by atoms with van der Waals surface area (Å²) in [7, 11) is 0. The zero-order valence-electron chi connectivity index (χ0n) is 11.6. The maximum Gasteiger partial charge on any atom is 0.0669 e. The summed E-state index contributed by atoms with van der Waals surface area (Å²) < 4.78 is 0. The first-order valence-electron chi connectivity index (χ1n) is 6.82. The molecule has 0 aromatic carbocycles. The number of hydrogen-bond donors (Lipinski definition) is 0. The van der Waals surface area contributed by atoms with Gasteiger partial charge in [0.15, 0.2) is 0 Å². The van der Waals surface area contributed by atoms with E-state index >= 15 is 0 Å². The molecule has 0 aromatic rings. The van der Waals surface area contributed by atoms with Gasteiger partial charge in [0, 0.05) is 30.7 Å². The van der Waals surface area contributed by atoms with Crippen LogP contribution >= 0.6 is 0 Å². The van der Waals surface area contributed by atoms with E-state index < -0.39 is 0 Å². The molecule has 0 radical (unpaired) electrons. The van der Waals surface area contributed by atoms with Gasteiger partial charge in [0.05, 0.1) is 12.0 Å². The fraction of sp³-hybridized carbons (Fsp3) is 0.929. The third kappa shape index (κ3) is 2.64. The smallest absolute Gasteiger partial charge is 0.0669 e. The zero-order valence-corrected chi connectivity index (χ0v) is 11.6. The Hall–Kier alpha value is -0.590. The number of likely N-dealkylation sites (tertiary alicyclic amines) is 2. The monoisotopic (exact) mass is 235 g/mol. The Kier molecular flexibility index (Phi) is 3.47. The van der Waals surface area contributed by atoms with Crippen molar-refractivity contribution in [3.05, 3.63) is 0 Å². The highest BCUT2D eigenvalue weighted by molar-refractivity contribution is 4.98. The van der Waals surface area contributed by atoms with E-state index in [0.717, 1.165) is 19.5 Å². The minimum Gasteiger partial charge on any atom is -0.298 e. The second-order valence-electron chi connectivity index (χ2n) is 6.67. The summed E-state index contributed by atoms with van der Waals surface area (Å²) in [6.45, 7) is 12.5. The summed E-state index contributed by atoms with van der Waals surface area (Å²) in [6.07, 6.45) is 2.33. The molecule has 2 aliphatic heterocycles. The molecular formula is C14H25N3. The van der Waals surface area contributed by atoms with Gasteiger partial charge >= 0.3 is 0 Å². The van der Waals surface area contributed by atoms with Crippen LogP contribution < -0.4 is 0 Å². The lowest BCUT2D eigenvalue weighted by Crippen LogP contribution is -2.45. The highest BCUT2D eigenvalue weighted by atomic mass is 15.3. The van der Waals surface area contributed by atoms with Gasteiger partial charge in [-0.05, 0) is 47.1 Å². The maximum absolute atomic E-state index is 8.97. The lowest BCUT2D eigenvalue weighted by molar-refractivity contribution is 0.120. The van der Waals surface area contributed by atoms with Crippen molar-refractivity contribution in [2.75, 3.05) is 19.6 Å². The zero-order chi connectivity index (χ0) is 12.6. The third-order valence-corrected chi connectivity index (χ3v) is 4.33. The van der Waals surface area contributed by atoms with E-state index in [1.807, 2.05) is 0 Å². The maximum atomic E-state index is 8.97. The first-order valence-corrected chi connectivity index (χ1v) is 6.82. The molecule has 2 heterocycles. The Morgan fingerprint density at radius 1 is 1.24 bits per heavy atom. The lowest BCUT2D eigenvalue weighted by atomic mass is 10.1. The highest BCUT2D eigenvalue weighted by Gasteiger charge is 2.39. The summed E-state index contributed by atoms with van der Waals surface area (Å²) >= 11 is 0. The van der Waals surface area contributed by atoms with Gasteiger partial charge in [-0.2, -0.15) is 5.26 Å². The second kappa shape index (κ2) is 4.59. The minimum absolute atomic E-state index is 0.266. The van der Waals surface area contributed by atoms with E-state index in [9.17, 15) is 0 Å². The van der Waals surface area contributed by atoms with Gasteiger partial charge < -0.3 is 0 Å². The van der Waals surface area contributed by atoms with Crippen LogP contribution in [-0.4, -0.2) is 47.1 Å². The SMILES string of the molecule is C[C@H]1CC(N2CCC(C#N)C2)CN1C(C)(C)C. The molecule has 2 saturated heterocycles. The van der Waals surface area contributed by atoms with Crippen molar-refractivity contribution in [3.63, 3.8) is 0 Å². The molecule has 0 bridgehead atoms. The van der Waals surface area contributed by atoms with E-state index in [1.165, 1.54) is 13.0 Å². The molecule has 17 heavy (non-hydrogen) atoms. The molecule has 0 aromatic heterocycles. The van der Waals surface area contributed by atoms with E-state index in [1.54, 1.807) is 0 Å². The molecule has 2 unspecified atom stereocenters. The fourth-order valence-corrected chi connectivity index (χ4v) is 3.43. The second-order valence-corrected chi connectivity index (χ2v) is 6.67. The van der Waals surface area contributed by atoms with Crippen molar-refractivity contribution in [2.45, 2.75) is 58.2 Å². The van der Waals surface area contributed by atoms with Crippen molar-refractivity contribution < 1.29 is 0 Å². The Balaban J connectivity index is 1.96. The molecule has 3 atom stereocenters. The van der Waals surface area contributed by atoms with Crippen molar-refractivity contribution in [1.82, 2.24) is 9.80 Å². The molecule has 3 nitrogen and oxygen atoms in total. The lowest BCUT2D eigenvalue weighted by Gasteiger charge is -2.35. The van der Waals surface area contributed by atoms with Crippen LogP contribution in [0, 0.1) is 17.2 Å². The van der Waals surface area contributed by atoms with E-state index in [2.05, 4.69) is 43.6 Å². The molecule has 0 amide bonds. The molecule has 2 rings (SSSR count). The van der Waals surface area contributed by atoms with Gasteiger partial charge in [-0.25, -0.2) is 0 Å². The van der Waals surface area contributed by atoms with Gasteiger partial charge in [0.25, 0.3) is 0 Å². The van der Waals surface area contributed by atoms with Gasteiger partial charge in [-0.1, -0.05) is 0 Å². The molecule has 0 saturated carbocycles. The van der Waals surface area contributed by atoms with Crippen LogP contribution in [0.4, 0.5) is 0 Å². The van der Waals surface area contributed by atoms with Gasteiger partial charge in [0.2, 0.25) is 0 Å².